The minimum absolute atomic E-state index is 0.0675. The molecule has 0 aromatic heterocycles. The van der Waals surface area contributed by atoms with Crippen molar-refractivity contribution in [1.82, 2.24) is 15.1 Å². The van der Waals surface area contributed by atoms with Crippen LogP contribution in [0.25, 0.3) is 0 Å². The molecule has 1 aliphatic heterocycles. The molecule has 0 bridgehead atoms. The Bertz CT molecular complexity index is 844. The summed E-state index contributed by atoms with van der Waals surface area (Å²) in [5.41, 5.74) is 2.52. The second-order valence-corrected chi connectivity index (χ2v) is 8.21. The van der Waals surface area contributed by atoms with E-state index < -0.39 is 0 Å². The van der Waals surface area contributed by atoms with Crippen molar-refractivity contribution in [3.63, 3.8) is 0 Å². The number of nitrogens with one attached hydrogen (secondary N) is 1. The van der Waals surface area contributed by atoms with Crippen molar-refractivity contribution in [2.75, 3.05) is 32.8 Å². The van der Waals surface area contributed by atoms with Gasteiger partial charge in [0.25, 0.3) is 0 Å². The highest BCUT2D eigenvalue weighted by Gasteiger charge is 2.27. The Hall–Kier alpha value is -2.77. The van der Waals surface area contributed by atoms with E-state index >= 15 is 0 Å². The summed E-state index contributed by atoms with van der Waals surface area (Å²) >= 11 is 5.45. The van der Waals surface area contributed by atoms with Crippen LogP contribution in [0.2, 0.25) is 0 Å². The van der Waals surface area contributed by atoms with Gasteiger partial charge in [0.2, 0.25) is 5.91 Å². The van der Waals surface area contributed by atoms with E-state index in [2.05, 4.69) is 58.7 Å². The summed E-state index contributed by atoms with van der Waals surface area (Å²) < 4.78 is 5.00. The number of esters is 1. The van der Waals surface area contributed by atoms with Crippen LogP contribution in [0.15, 0.2) is 60.7 Å². The van der Waals surface area contributed by atoms with Crippen LogP contribution in [-0.2, 0) is 14.3 Å². The van der Waals surface area contributed by atoms with Crippen LogP contribution in [0, 0.1) is 0 Å². The van der Waals surface area contributed by atoms with Gasteiger partial charge in [-0.1, -0.05) is 67.6 Å². The number of amides is 1. The number of piperazine rings is 1. The number of hydrogen-bond acceptors (Lipinski definition) is 5. The molecule has 1 fully saturated rings. The Labute approximate surface area is 195 Å². The molecule has 32 heavy (non-hydrogen) atoms. The standard InChI is InChI=1S/C25H31N3O3S/c1-2-19-31-23(30)14-13-22(29)26-25(32)28-17-15-27(16-18-28)24(20-9-5-3-6-10-20)21-11-7-4-8-12-21/h3-12,24H,2,13-19H2,1H3,(H,26,29,32). The molecule has 7 heteroatoms. The monoisotopic (exact) mass is 453 g/mol. The molecule has 3 rings (SSSR count). The molecular weight excluding hydrogens is 422 g/mol. The zero-order valence-corrected chi connectivity index (χ0v) is 19.4. The van der Waals surface area contributed by atoms with Gasteiger partial charge < -0.3 is 15.0 Å². The van der Waals surface area contributed by atoms with Crippen LogP contribution in [0.5, 0.6) is 0 Å². The molecule has 0 aliphatic carbocycles. The Kier molecular flexibility index (Phi) is 9.19. The highest BCUT2D eigenvalue weighted by molar-refractivity contribution is 7.80. The van der Waals surface area contributed by atoms with E-state index in [9.17, 15) is 9.59 Å². The molecule has 0 radical (unpaired) electrons. The molecule has 1 aliphatic rings. The van der Waals surface area contributed by atoms with Crippen molar-refractivity contribution in [2.24, 2.45) is 0 Å². The highest BCUT2D eigenvalue weighted by Crippen LogP contribution is 2.29. The molecule has 0 spiro atoms. The molecule has 1 heterocycles. The summed E-state index contributed by atoms with van der Waals surface area (Å²) in [6.07, 6.45) is 0.911. The van der Waals surface area contributed by atoms with Gasteiger partial charge in [-0.25, -0.2) is 0 Å². The molecule has 1 N–H and O–H groups in total. The zero-order valence-electron chi connectivity index (χ0n) is 18.5. The van der Waals surface area contributed by atoms with Crippen LogP contribution >= 0.6 is 12.2 Å². The summed E-state index contributed by atoms with van der Waals surface area (Å²) in [4.78, 5) is 28.2. The molecule has 2 aromatic rings. The summed E-state index contributed by atoms with van der Waals surface area (Å²) in [6.45, 7) is 5.43. The summed E-state index contributed by atoms with van der Waals surface area (Å²) in [5.74, 6) is -0.605. The number of benzene rings is 2. The normalized spacial score (nSPS) is 14.2. The predicted octanol–water partition coefficient (Wildman–Crippen LogP) is 3.53. The summed E-state index contributed by atoms with van der Waals surface area (Å²) in [7, 11) is 0. The number of hydrogen-bond donors (Lipinski definition) is 1. The van der Waals surface area contributed by atoms with Gasteiger partial charge in [-0.15, -0.1) is 0 Å². The number of thiocarbonyl (C=S) groups is 1. The second-order valence-electron chi connectivity index (χ2n) is 7.82. The Morgan fingerprint density at radius 3 is 2.03 bits per heavy atom. The summed E-state index contributed by atoms with van der Waals surface area (Å²) in [6, 6.07) is 21.2. The number of carbonyl (C=O) groups is 2. The molecule has 1 saturated heterocycles. The fraction of sp³-hybridized carbons (Fsp3) is 0.400. The maximum Gasteiger partial charge on any atom is 0.306 e. The van der Waals surface area contributed by atoms with Crippen molar-refractivity contribution in [3.05, 3.63) is 71.8 Å². The van der Waals surface area contributed by atoms with E-state index in [-0.39, 0.29) is 30.8 Å². The summed E-state index contributed by atoms with van der Waals surface area (Å²) in [5, 5.41) is 3.18. The first-order valence-electron chi connectivity index (χ1n) is 11.2. The van der Waals surface area contributed by atoms with Crippen molar-refractivity contribution in [1.29, 1.82) is 0 Å². The van der Waals surface area contributed by atoms with Gasteiger partial charge in [0, 0.05) is 32.6 Å². The lowest BCUT2D eigenvalue weighted by Crippen LogP contribution is -2.53. The minimum Gasteiger partial charge on any atom is -0.466 e. The number of carbonyl (C=O) groups excluding carboxylic acids is 2. The van der Waals surface area contributed by atoms with Gasteiger partial charge in [-0.05, 0) is 29.8 Å². The van der Waals surface area contributed by atoms with Crippen molar-refractivity contribution in [2.45, 2.75) is 32.2 Å². The smallest absolute Gasteiger partial charge is 0.306 e. The molecule has 0 saturated carbocycles. The average Bonchev–Trinajstić information content (AvgIpc) is 2.83. The second kappa shape index (κ2) is 12.3. The van der Waals surface area contributed by atoms with Crippen molar-refractivity contribution >= 4 is 29.2 Å². The lowest BCUT2D eigenvalue weighted by atomic mass is 9.96. The van der Waals surface area contributed by atoms with E-state index in [1.807, 2.05) is 24.0 Å². The SMILES string of the molecule is CCCOC(=O)CCC(=O)NC(=S)N1CCN(C(c2ccccc2)c2ccccc2)CC1. The minimum atomic E-state index is -0.352. The number of nitrogens with zero attached hydrogens (tertiary/aromatic N) is 2. The van der Waals surface area contributed by atoms with Gasteiger partial charge in [0.05, 0.1) is 19.1 Å². The fourth-order valence-corrected chi connectivity index (χ4v) is 4.13. The third-order valence-corrected chi connectivity index (χ3v) is 5.83. The predicted molar refractivity (Wildman–Crippen MR) is 129 cm³/mol. The van der Waals surface area contributed by atoms with Crippen LogP contribution in [0.4, 0.5) is 0 Å². The third kappa shape index (κ3) is 6.87. The fourth-order valence-electron chi connectivity index (χ4n) is 3.83. The zero-order chi connectivity index (χ0) is 22.8. The van der Waals surface area contributed by atoms with E-state index in [0.717, 1.165) is 32.6 Å². The van der Waals surface area contributed by atoms with Gasteiger partial charge in [0.15, 0.2) is 5.11 Å². The highest BCUT2D eigenvalue weighted by atomic mass is 32.1. The molecule has 6 nitrogen and oxygen atoms in total. The van der Waals surface area contributed by atoms with Gasteiger partial charge >= 0.3 is 5.97 Å². The third-order valence-electron chi connectivity index (χ3n) is 5.47. The average molecular weight is 454 g/mol. The molecule has 0 atom stereocenters. The van der Waals surface area contributed by atoms with Crippen LogP contribution < -0.4 is 5.32 Å². The van der Waals surface area contributed by atoms with Gasteiger partial charge in [-0.2, -0.15) is 0 Å². The molecule has 170 valence electrons. The molecule has 2 aromatic carbocycles. The lowest BCUT2D eigenvalue weighted by Gasteiger charge is -2.40. The number of ether oxygens (including phenoxy) is 1. The van der Waals surface area contributed by atoms with E-state index in [1.165, 1.54) is 11.1 Å². The van der Waals surface area contributed by atoms with Gasteiger partial charge in [0.1, 0.15) is 0 Å². The molecule has 1 amide bonds. The van der Waals surface area contributed by atoms with E-state index in [0.29, 0.717) is 11.7 Å². The maximum absolute atomic E-state index is 12.2. The first kappa shape index (κ1) is 23.9. The van der Waals surface area contributed by atoms with Crippen LogP contribution in [0.1, 0.15) is 43.4 Å². The van der Waals surface area contributed by atoms with Crippen LogP contribution in [-0.4, -0.2) is 59.6 Å². The number of rotatable bonds is 8. The lowest BCUT2D eigenvalue weighted by molar-refractivity contribution is -0.144. The topological polar surface area (TPSA) is 61.9 Å². The Morgan fingerprint density at radius 2 is 1.50 bits per heavy atom. The quantitative estimate of drug-likeness (QED) is 0.487. The first-order chi connectivity index (χ1) is 15.6. The van der Waals surface area contributed by atoms with E-state index in [4.69, 9.17) is 17.0 Å². The Balaban J connectivity index is 1.53. The Morgan fingerprint density at radius 1 is 0.938 bits per heavy atom. The van der Waals surface area contributed by atoms with Crippen molar-refractivity contribution in [3.8, 4) is 0 Å². The first-order valence-corrected chi connectivity index (χ1v) is 11.6. The van der Waals surface area contributed by atoms with E-state index in [1.54, 1.807) is 0 Å². The maximum atomic E-state index is 12.2. The van der Waals surface area contributed by atoms with Crippen molar-refractivity contribution < 1.29 is 14.3 Å². The largest absolute Gasteiger partial charge is 0.466 e. The molecule has 0 unspecified atom stereocenters. The van der Waals surface area contributed by atoms with Gasteiger partial charge in [-0.3, -0.25) is 14.5 Å². The van der Waals surface area contributed by atoms with Crippen LogP contribution in [0.3, 0.4) is 0 Å². The molecular formula is C25H31N3O3S.